The Morgan fingerprint density at radius 1 is 1.06 bits per heavy atom. The number of nitrogens with zero attached hydrogens (tertiary/aromatic N) is 4. The average Bonchev–Trinajstić information content (AvgIpc) is 3.19. The standard InChI is InChI=1S/C25H30N4O2/c1-24(2,3)31-23(30)28-13-10-25(11-14-28)9-6-12-29-22(25)16-21(27-29)19-15-18-7-4-5-8-20(18)26-17-19/h4-5,7-8,15-17H,6,9-14H2,1-3H3. The van der Waals surface area contributed by atoms with Crippen molar-refractivity contribution in [2.24, 2.45) is 0 Å². The monoisotopic (exact) mass is 418 g/mol. The summed E-state index contributed by atoms with van der Waals surface area (Å²) in [6.45, 7) is 8.16. The lowest BCUT2D eigenvalue weighted by Gasteiger charge is -2.44. The zero-order valence-corrected chi connectivity index (χ0v) is 18.6. The number of rotatable bonds is 1. The lowest BCUT2D eigenvalue weighted by molar-refractivity contribution is 0.0144. The minimum Gasteiger partial charge on any atom is -0.444 e. The molecule has 4 heterocycles. The van der Waals surface area contributed by atoms with Gasteiger partial charge in [-0.25, -0.2) is 4.79 Å². The van der Waals surface area contributed by atoms with E-state index >= 15 is 0 Å². The molecule has 6 nitrogen and oxygen atoms in total. The molecule has 2 aliphatic rings. The van der Waals surface area contributed by atoms with E-state index in [0.29, 0.717) is 0 Å². The van der Waals surface area contributed by atoms with Gasteiger partial charge in [0.25, 0.3) is 0 Å². The minimum atomic E-state index is -0.460. The first-order valence-electron chi connectivity index (χ1n) is 11.2. The quantitative estimate of drug-likeness (QED) is 0.548. The van der Waals surface area contributed by atoms with Crippen LogP contribution in [-0.2, 0) is 16.7 Å². The first-order valence-corrected chi connectivity index (χ1v) is 11.2. The van der Waals surface area contributed by atoms with Crippen molar-refractivity contribution in [3.05, 3.63) is 48.3 Å². The summed E-state index contributed by atoms with van der Waals surface area (Å²) in [4.78, 5) is 19.0. The van der Waals surface area contributed by atoms with E-state index in [9.17, 15) is 4.79 Å². The van der Waals surface area contributed by atoms with Crippen LogP contribution in [0, 0.1) is 0 Å². The predicted molar refractivity (Wildman–Crippen MR) is 121 cm³/mol. The zero-order valence-electron chi connectivity index (χ0n) is 18.6. The summed E-state index contributed by atoms with van der Waals surface area (Å²) in [6.07, 6.45) is 5.90. The highest BCUT2D eigenvalue weighted by Gasteiger charge is 2.42. The van der Waals surface area contributed by atoms with E-state index in [2.05, 4.69) is 27.9 Å². The van der Waals surface area contributed by atoms with Crippen LogP contribution in [-0.4, -0.2) is 44.4 Å². The van der Waals surface area contributed by atoms with Crippen LogP contribution in [0.15, 0.2) is 42.6 Å². The van der Waals surface area contributed by atoms with Gasteiger partial charge in [0.05, 0.1) is 11.2 Å². The summed E-state index contributed by atoms with van der Waals surface area (Å²) in [5.41, 5.74) is 3.99. The number of ether oxygens (including phenoxy) is 1. The van der Waals surface area contributed by atoms with Gasteiger partial charge in [-0.15, -0.1) is 0 Å². The Hall–Kier alpha value is -2.89. The Morgan fingerprint density at radius 3 is 2.61 bits per heavy atom. The topological polar surface area (TPSA) is 60.2 Å². The minimum absolute atomic E-state index is 0.0896. The Labute approximate surface area is 183 Å². The third-order valence-corrected chi connectivity index (χ3v) is 6.61. The molecular formula is C25H30N4O2. The second-order valence-electron chi connectivity index (χ2n) is 9.91. The number of likely N-dealkylation sites (tertiary alicyclic amines) is 1. The number of aryl methyl sites for hydroxylation is 1. The number of carbonyl (C=O) groups is 1. The fourth-order valence-electron chi connectivity index (χ4n) is 5.01. The summed E-state index contributed by atoms with van der Waals surface area (Å²) in [5, 5.41) is 6.08. The van der Waals surface area contributed by atoms with Crippen molar-refractivity contribution in [3.8, 4) is 11.3 Å². The molecule has 1 saturated heterocycles. The van der Waals surface area contributed by atoms with Crippen molar-refractivity contribution >= 4 is 17.0 Å². The largest absolute Gasteiger partial charge is 0.444 e. The van der Waals surface area contributed by atoms with E-state index in [0.717, 1.165) is 67.5 Å². The summed E-state index contributed by atoms with van der Waals surface area (Å²) in [6, 6.07) is 12.6. The molecule has 162 valence electrons. The fourth-order valence-corrected chi connectivity index (χ4v) is 5.01. The summed E-state index contributed by atoms with van der Waals surface area (Å²) < 4.78 is 7.77. The summed E-state index contributed by atoms with van der Waals surface area (Å²) in [5.74, 6) is 0. The van der Waals surface area contributed by atoms with Crippen LogP contribution in [0.25, 0.3) is 22.2 Å². The molecule has 0 aliphatic carbocycles. The SMILES string of the molecule is CC(C)(C)OC(=O)N1CCC2(CCCn3nc(-c4cnc5ccccc5c4)cc32)CC1. The van der Waals surface area contributed by atoms with Gasteiger partial charge >= 0.3 is 6.09 Å². The van der Waals surface area contributed by atoms with Crippen LogP contribution in [0.4, 0.5) is 4.79 Å². The van der Waals surface area contributed by atoms with Crippen molar-refractivity contribution in [3.63, 3.8) is 0 Å². The van der Waals surface area contributed by atoms with Crippen molar-refractivity contribution in [2.75, 3.05) is 13.1 Å². The van der Waals surface area contributed by atoms with Crippen LogP contribution in [0.3, 0.4) is 0 Å². The van der Waals surface area contributed by atoms with Crippen LogP contribution in [0.2, 0.25) is 0 Å². The third kappa shape index (κ3) is 3.80. The lowest BCUT2D eigenvalue weighted by Crippen LogP contribution is -2.48. The predicted octanol–water partition coefficient (Wildman–Crippen LogP) is 5.16. The van der Waals surface area contributed by atoms with Gasteiger partial charge in [-0.3, -0.25) is 9.67 Å². The fraction of sp³-hybridized carbons (Fsp3) is 0.480. The molecule has 2 aromatic heterocycles. The smallest absolute Gasteiger partial charge is 0.410 e. The van der Waals surface area contributed by atoms with Gasteiger partial charge in [-0.2, -0.15) is 5.10 Å². The number of pyridine rings is 1. The van der Waals surface area contributed by atoms with Gasteiger partial charge in [-0.05, 0) is 64.7 Å². The molecule has 1 fully saturated rings. The Balaban J connectivity index is 1.40. The highest BCUT2D eigenvalue weighted by Crippen LogP contribution is 2.44. The number of piperidine rings is 1. The van der Waals surface area contributed by atoms with E-state index in [4.69, 9.17) is 9.84 Å². The Bertz CT molecular complexity index is 1120. The zero-order chi connectivity index (χ0) is 21.6. The number of carbonyl (C=O) groups excluding carboxylic acids is 1. The molecule has 0 N–H and O–H groups in total. The van der Waals surface area contributed by atoms with E-state index in [-0.39, 0.29) is 11.5 Å². The van der Waals surface area contributed by atoms with E-state index in [1.807, 2.05) is 50.1 Å². The maximum atomic E-state index is 12.5. The van der Waals surface area contributed by atoms with E-state index < -0.39 is 5.60 Å². The summed E-state index contributed by atoms with van der Waals surface area (Å²) in [7, 11) is 0. The van der Waals surface area contributed by atoms with Gasteiger partial charge in [0.2, 0.25) is 0 Å². The molecule has 0 bridgehead atoms. The van der Waals surface area contributed by atoms with Gasteiger partial charge in [0.1, 0.15) is 5.60 Å². The first kappa shape index (κ1) is 20.0. The van der Waals surface area contributed by atoms with Crippen LogP contribution in [0.1, 0.15) is 52.1 Å². The number of hydrogen-bond acceptors (Lipinski definition) is 4. The highest BCUT2D eigenvalue weighted by atomic mass is 16.6. The maximum absolute atomic E-state index is 12.5. The lowest BCUT2D eigenvalue weighted by atomic mass is 9.70. The number of fused-ring (bicyclic) bond motifs is 3. The molecule has 1 amide bonds. The Morgan fingerprint density at radius 2 is 1.84 bits per heavy atom. The maximum Gasteiger partial charge on any atom is 0.410 e. The normalized spacial score (nSPS) is 18.2. The number of hydrogen-bond donors (Lipinski definition) is 0. The third-order valence-electron chi connectivity index (χ3n) is 6.61. The second-order valence-corrected chi connectivity index (χ2v) is 9.91. The molecule has 1 aromatic carbocycles. The number of aromatic nitrogens is 3. The van der Waals surface area contributed by atoms with Crippen LogP contribution in [0.5, 0.6) is 0 Å². The number of para-hydroxylation sites is 1. The average molecular weight is 419 g/mol. The molecule has 5 rings (SSSR count). The molecule has 3 aromatic rings. The van der Waals surface area contributed by atoms with Crippen molar-refractivity contribution in [2.45, 2.75) is 64.0 Å². The van der Waals surface area contributed by atoms with Crippen molar-refractivity contribution in [1.82, 2.24) is 19.7 Å². The molecule has 0 atom stereocenters. The molecule has 0 radical (unpaired) electrons. The van der Waals surface area contributed by atoms with Gasteiger partial charge in [-0.1, -0.05) is 18.2 Å². The van der Waals surface area contributed by atoms with Crippen molar-refractivity contribution < 1.29 is 9.53 Å². The van der Waals surface area contributed by atoms with Crippen LogP contribution < -0.4 is 0 Å². The summed E-state index contributed by atoms with van der Waals surface area (Å²) >= 11 is 0. The molecule has 0 saturated carbocycles. The molecule has 31 heavy (non-hydrogen) atoms. The molecule has 2 aliphatic heterocycles. The second kappa shape index (κ2) is 7.36. The van der Waals surface area contributed by atoms with E-state index in [1.165, 1.54) is 5.69 Å². The van der Waals surface area contributed by atoms with Gasteiger partial charge < -0.3 is 9.64 Å². The van der Waals surface area contributed by atoms with E-state index in [1.54, 1.807) is 0 Å². The molecule has 6 heteroatoms. The molecular weight excluding hydrogens is 388 g/mol. The number of benzene rings is 1. The molecule has 1 spiro atoms. The van der Waals surface area contributed by atoms with Gasteiger partial charge in [0.15, 0.2) is 0 Å². The van der Waals surface area contributed by atoms with Crippen molar-refractivity contribution in [1.29, 1.82) is 0 Å². The molecule has 0 unspecified atom stereocenters. The van der Waals surface area contributed by atoms with Gasteiger partial charge in [0, 0.05) is 47.9 Å². The highest BCUT2D eigenvalue weighted by molar-refractivity contribution is 5.82. The van der Waals surface area contributed by atoms with Crippen LogP contribution >= 0.6 is 0 Å². The number of amides is 1. The first-order chi connectivity index (χ1) is 14.8. The Kier molecular flexibility index (Phi) is 4.76.